The molecule has 2 aromatic rings. The molecule has 1 saturated heterocycles. The van der Waals surface area contributed by atoms with Crippen molar-refractivity contribution in [2.24, 2.45) is 0 Å². The summed E-state index contributed by atoms with van der Waals surface area (Å²) >= 11 is 0. The van der Waals surface area contributed by atoms with Gasteiger partial charge in [-0.3, -0.25) is 14.5 Å². The SMILES string of the molecule is CN1C(=O)[C@@](C)(C(=O)N2CCN(c3ccccc3F)CC2)Oc2cccnc21. The normalized spacial score (nSPS) is 22.0. The lowest BCUT2D eigenvalue weighted by Gasteiger charge is -2.42. The number of hydrogen-bond acceptors (Lipinski definition) is 5. The highest BCUT2D eigenvalue weighted by Crippen LogP contribution is 2.36. The Labute approximate surface area is 162 Å². The lowest BCUT2D eigenvalue weighted by molar-refractivity contribution is -0.156. The highest BCUT2D eigenvalue weighted by molar-refractivity contribution is 6.15. The fraction of sp³-hybridized carbons (Fsp3) is 0.350. The van der Waals surface area contributed by atoms with Gasteiger partial charge >= 0.3 is 0 Å². The second-order valence-electron chi connectivity index (χ2n) is 7.06. The molecule has 1 fully saturated rings. The summed E-state index contributed by atoms with van der Waals surface area (Å²) in [6.07, 6.45) is 1.57. The Morgan fingerprint density at radius 3 is 2.57 bits per heavy atom. The average Bonchev–Trinajstić information content (AvgIpc) is 2.72. The van der Waals surface area contributed by atoms with Gasteiger partial charge in [-0.1, -0.05) is 12.1 Å². The van der Waals surface area contributed by atoms with Gasteiger partial charge in [-0.05, 0) is 31.2 Å². The Bertz CT molecular complexity index is 929. The van der Waals surface area contributed by atoms with Gasteiger partial charge in [0, 0.05) is 39.4 Å². The van der Waals surface area contributed by atoms with Crippen molar-refractivity contribution >= 4 is 23.3 Å². The molecule has 7 nitrogen and oxygen atoms in total. The third-order valence-corrected chi connectivity index (χ3v) is 5.26. The molecule has 28 heavy (non-hydrogen) atoms. The van der Waals surface area contributed by atoms with Crippen molar-refractivity contribution in [1.82, 2.24) is 9.88 Å². The lowest BCUT2D eigenvalue weighted by atomic mass is 10.00. The van der Waals surface area contributed by atoms with E-state index in [1.165, 1.54) is 17.9 Å². The number of rotatable bonds is 2. The molecule has 146 valence electrons. The number of anilines is 2. The van der Waals surface area contributed by atoms with Gasteiger partial charge in [-0.25, -0.2) is 9.37 Å². The summed E-state index contributed by atoms with van der Waals surface area (Å²) in [6, 6.07) is 9.96. The van der Waals surface area contributed by atoms with Crippen molar-refractivity contribution in [3.8, 4) is 5.75 Å². The fourth-order valence-electron chi connectivity index (χ4n) is 3.69. The second kappa shape index (κ2) is 6.78. The van der Waals surface area contributed by atoms with Gasteiger partial charge in [0.2, 0.25) is 0 Å². The van der Waals surface area contributed by atoms with Crippen LogP contribution in [-0.4, -0.2) is 60.5 Å². The van der Waals surface area contributed by atoms with E-state index in [9.17, 15) is 14.0 Å². The van der Waals surface area contributed by atoms with E-state index in [1.807, 2.05) is 4.90 Å². The van der Waals surface area contributed by atoms with Gasteiger partial charge in [-0.15, -0.1) is 0 Å². The summed E-state index contributed by atoms with van der Waals surface area (Å²) in [7, 11) is 1.58. The van der Waals surface area contributed by atoms with E-state index in [4.69, 9.17) is 4.74 Å². The Morgan fingerprint density at radius 2 is 1.86 bits per heavy atom. The van der Waals surface area contributed by atoms with Gasteiger partial charge < -0.3 is 14.5 Å². The molecule has 0 unspecified atom stereocenters. The van der Waals surface area contributed by atoms with E-state index in [-0.39, 0.29) is 5.82 Å². The molecule has 1 aromatic carbocycles. The number of amides is 2. The number of likely N-dealkylation sites (N-methyl/N-ethyl adjacent to an activating group) is 1. The predicted molar refractivity (Wildman–Crippen MR) is 102 cm³/mol. The molecule has 2 aliphatic rings. The van der Waals surface area contributed by atoms with Crippen LogP contribution in [0.1, 0.15) is 6.92 Å². The van der Waals surface area contributed by atoms with Crippen LogP contribution < -0.4 is 14.5 Å². The van der Waals surface area contributed by atoms with E-state index < -0.39 is 17.4 Å². The van der Waals surface area contributed by atoms with Crippen LogP contribution in [0.15, 0.2) is 42.6 Å². The number of ether oxygens (including phenoxy) is 1. The summed E-state index contributed by atoms with van der Waals surface area (Å²) in [4.78, 5) is 35.1. The van der Waals surface area contributed by atoms with Crippen LogP contribution in [0.2, 0.25) is 0 Å². The van der Waals surface area contributed by atoms with E-state index >= 15 is 0 Å². The quantitative estimate of drug-likeness (QED) is 0.737. The number of aromatic nitrogens is 1. The largest absolute Gasteiger partial charge is 0.464 e. The fourth-order valence-corrected chi connectivity index (χ4v) is 3.69. The number of pyridine rings is 1. The van der Waals surface area contributed by atoms with Crippen LogP contribution in [0.4, 0.5) is 15.9 Å². The first-order valence-electron chi connectivity index (χ1n) is 9.13. The van der Waals surface area contributed by atoms with Crippen molar-refractivity contribution in [3.63, 3.8) is 0 Å². The first-order chi connectivity index (χ1) is 13.4. The first kappa shape index (κ1) is 18.2. The zero-order chi connectivity index (χ0) is 19.9. The van der Waals surface area contributed by atoms with Gasteiger partial charge in [-0.2, -0.15) is 0 Å². The zero-order valence-corrected chi connectivity index (χ0v) is 15.8. The molecule has 0 radical (unpaired) electrons. The molecule has 2 aliphatic heterocycles. The molecule has 0 N–H and O–H groups in total. The number of carbonyl (C=O) groups excluding carboxylic acids is 2. The van der Waals surface area contributed by atoms with E-state index in [1.54, 1.807) is 48.5 Å². The zero-order valence-electron chi connectivity index (χ0n) is 15.8. The number of carbonyl (C=O) groups is 2. The van der Waals surface area contributed by atoms with E-state index in [0.29, 0.717) is 43.4 Å². The van der Waals surface area contributed by atoms with Gasteiger partial charge in [0.15, 0.2) is 11.6 Å². The van der Waals surface area contributed by atoms with Crippen molar-refractivity contribution in [3.05, 3.63) is 48.4 Å². The van der Waals surface area contributed by atoms with Crippen molar-refractivity contribution in [1.29, 1.82) is 0 Å². The molecule has 4 rings (SSSR count). The number of hydrogen-bond donors (Lipinski definition) is 0. The van der Waals surface area contributed by atoms with Crippen LogP contribution in [0.5, 0.6) is 5.75 Å². The number of halogens is 1. The third-order valence-electron chi connectivity index (χ3n) is 5.26. The molecule has 2 amide bonds. The van der Waals surface area contributed by atoms with Crippen LogP contribution in [0.25, 0.3) is 0 Å². The molecule has 3 heterocycles. The molecule has 0 spiro atoms. The van der Waals surface area contributed by atoms with E-state index in [2.05, 4.69) is 4.98 Å². The maximum Gasteiger partial charge on any atom is 0.281 e. The number of piperazine rings is 1. The second-order valence-corrected chi connectivity index (χ2v) is 7.06. The van der Waals surface area contributed by atoms with Crippen LogP contribution in [0, 0.1) is 5.82 Å². The van der Waals surface area contributed by atoms with Crippen LogP contribution >= 0.6 is 0 Å². The Morgan fingerprint density at radius 1 is 1.14 bits per heavy atom. The Kier molecular flexibility index (Phi) is 4.41. The summed E-state index contributed by atoms with van der Waals surface area (Å²) in [5.74, 6) is -0.356. The minimum Gasteiger partial charge on any atom is -0.464 e. The standard InChI is InChI=1S/C20H21FN4O3/c1-20(18(26)23(2)17-16(28-20)8-5-9-22-17)19(27)25-12-10-24(11-13-25)15-7-4-3-6-14(15)21/h3-9H,10-13H2,1-2H3/t20-/m0/s1. The van der Waals surface area contributed by atoms with Gasteiger partial charge in [0.05, 0.1) is 5.69 Å². The molecular weight excluding hydrogens is 363 g/mol. The molecule has 0 saturated carbocycles. The van der Waals surface area contributed by atoms with Crippen molar-refractivity contribution < 1.29 is 18.7 Å². The number of benzene rings is 1. The lowest BCUT2D eigenvalue weighted by Crippen LogP contribution is -2.64. The minimum absolute atomic E-state index is 0.286. The highest BCUT2D eigenvalue weighted by atomic mass is 19.1. The van der Waals surface area contributed by atoms with Crippen LogP contribution in [0.3, 0.4) is 0 Å². The molecule has 8 heteroatoms. The molecule has 1 aromatic heterocycles. The van der Waals surface area contributed by atoms with Gasteiger partial charge in [0.25, 0.3) is 17.4 Å². The third kappa shape index (κ3) is 2.85. The first-order valence-corrected chi connectivity index (χ1v) is 9.13. The monoisotopic (exact) mass is 384 g/mol. The maximum absolute atomic E-state index is 14.0. The Balaban J connectivity index is 1.51. The summed E-state index contributed by atoms with van der Waals surface area (Å²) in [6.45, 7) is 3.20. The summed E-state index contributed by atoms with van der Waals surface area (Å²) < 4.78 is 19.8. The summed E-state index contributed by atoms with van der Waals surface area (Å²) in [5.41, 5.74) is -1.13. The molecular formula is C20H21FN4O3. The van der Waals surface area contributed by atoms with Crippen molar-refractivity contribution in [2.45, 2.75) is 12.5 Å². The molecule has 0 aliphatic carbocycles. The highest BCUT2D eigenvalue weighted by Gasteiger charge is 2.52. The average molecular weight is 384 g/mol. The Hall–Kier alpha value is -3.16. The maximum atomic E-state index is 14.0. The topological polar surface area (TPSA) is 66.0 Å². The van der Waals surface area contributed by atoms with Gasteiger partial charge in [0.1, 0.15) is 5.82 Å². The summed E-state index contributed by atoms with van der Waals surface area (Å²) in [5, 5.41) is 0. The van der Waals surface area contributed by atoms with E-state index in [0.717, 1.165) is 0 Å². The number of para-hydroxylation sites is 1. The molecule has 1 atom stereocenters. The van der Waals surface area contributed by atoms with Crippen LogP contribution in [-0.2, 0) is 9.59 Å². The number of nitrogens with zero attached hydrogens (tertiary/aromatic N) is 4. The smallest absolute Gasteiger partial charge is 0.281 e. The molecule has 0 bridgehead atoms. The predicted octanol–water partition coefficient (Wildman–Crippen LogP) is 1.68. The minimum atomic E-state index is -1.65. The van der Waals surface area contributed by atoms with Crippen molar-refractivity contribution in [2.75, 3.05) is 43.0 Å². The number of fused-ring (bicyclic) bond motifs is 1.